The first-order valence-corrected chi connectivity index (χ1v) is 10.3. The van der Waals surface area contributed by atoms with Crippen LogP contribution in [0.15, 0.2) is 42.5 Å². The summed E-state index contributed by atoms with van der Waals surface area (Å²) < 4.78 is 9.96. The highest BCUT2D eigenvalue weighted by Crippen LogP contribution is 2.40. The largest absolute Gasteiger partial charge is 0.465 e. The van der Waals surface area contributed by atoms with Crippen LogP contribution in [0.3, 0.4) is 0 Å². The molecule has 0 aliphatic heterocycles. The van der Waals surface area contributed by atoms with Crippen molar-refractivity contribution in [2.75, 3.05) is 24.7 Å². The molecule has 0 bridgehead atoms. The highest BCUT2D eigenvalue weighted by atomic mass is 32.2. The molecule has 4 nitrogen and oxygen atoms in total. The monoisotopic (exact) mass is 378 g/mol. The Balaban J connectivity index is 2.12. The molecule has 2 aromatic carbocycles. The molecule has 2 rings (SSSR count). The molecule has 0 atom stereocenters. The highest BCUT2D eigenvalue weighted by Gasteiger charge is 2.18. The molecule has 6 heteroatoms. The fourth-order valence-electron chi connectivity index (χ4n) is 2.29. The van der Waals surface area contributed by atoms with Gasteiger partial charge in [-0.3, -0.25) is 9.59 Å². The number of benzene rings is 2. The van der Waals surface area contributed by atoms with E-state index < -0.39 is 0 Å². The van der Waals surface area contributed by atoms with Crippen molar-refractivity contribution in [3.05, 3.63) is 48.0 Å². The molecule has 0 saturated heterocycles. The molecule has 0 aromatic heterocycles. The Kier molecular flexibility index (Phi) is 8.15. The van der Waals surface area contributed by atoms with Gasteiger partial charge < -0.3 is 9.47 Å². The van der Waals surface area contributed by atoms with Gasteiger partial charge in [-0.15, -0.1) is 23.5 Å². The van der Waals surface area contributed by atoms with E-state index in [1.165, 1.54) is 23.5 Å². The lowest BCUT2D eigenvalue weighted by Gasteiger charge is -2.17. The maximum absolute atomic E-state index is 11.7. The summed E-state index contributed by atoms with van der Waals surface area (Å²) in [6, 6.07) is 14.3. The summed E-state index contributed by atoms with van der Waals surface area (Å²) in [6.45, 7) is 4.32. The van der Waals surface area contributed by atoms with Crippen LogP contribution < -0.4 is 0 Å². The van der Waals surface area contributed by atoms with Gasteiger partial charge in [-0.2, -0.15) is 0 Å². The van der Waals surface area contributed by atoms with Crippen molar-refractivity contribution >= 4 is 46.2 Å². The number of esters is 2. The fraction of sp³-hybridized carbons (Fsp3) is 0.368. The minimum Gasteiger partial charge on any atom is -0.465 e. The van der Waals surface area contributed by atoms with Crippen LogP contribution in [0.1, 0.15) is 24.0 Å². The lowest BCUT2D eigenvalue weighted by atomic mass is 10.1. The average Bonchev–Trinajstić information content (AvgIpc) is 2.62. The van der Waals surface area contributed by atoms with Gasteiger partial charge in [-0.25, -0.2) is 0 Å². The van der Waals surface area contributed by atoms with E-state index in [2.05, 4.69) is 24.3 Å². The number of carbonyl (C=O) groups excluding carboxylic acids is 2. The predicted molar refractivity (Wildman–Crippen MR) is 105 cm³/mol. The van der Waals surface area contributed by atoms with Crippen LogP contribution in [-0.4, -0.2) is 36.7 Å². The van der Waals surface area contributed by atoms with Gasteiger partial charge in [-0.1, -0.05) is 36.4 Å². The minimum absolute atomic E-state index is 0.0431. The van der Waals surface area contributed by atoms with Crippen molar-refractivity contribution in [3.63, 3.8) is 0 Å². The van der Waals surface area contributed by atoms with Gasteiger partial charge in [0.05, 0.1) is 29.3 Å². The van der Waals surface area contributed by atoms with Gasteiger partial charge in [0.25, 0.3) is 0 Å². The van der Waals surface area contributed by atoms with Crippen LogP contribution in [-0.2, 0) is 19.1 Å². The zero-order chi connectivity index (χ0) is 18.1. The van der Waals surface area contributed by atoms with Crippen LogP contribution >= 0.6 is 23.5 Å². The van der Waals surface area contributed by atoms with Crippen LogP contribution in [0, 0.1) is 0 Å². The van der Waals surface area contributed by atoms with Crippen molar-refractivity contribution in [3.8, 4) is 0 Å². The summed E-state index contributed by atoms with van der Waals surface area (Å²) in [7, 11) is 0. The number of hydrogen-bond acceptors (Lipinski definition) is 6. The smallest absolute Gasteiger partial charge is 0.315 e. The molecular weight excluding hydrogens is 356 g/mol. The van der Waals surface area contributed by atoms with Crippen molar-refractivity contribution in [2.45, 2.75) is 18.4 Å². The third-order valence-corrected chi connectivity index (χ3v) is 6.13. The molecule has 0 aliphatic rings. The molecule has 134 valence electrons. The Morgan fingerprint density at radius 3 is 2.00 bits per heavy atom. The Morgan fingerprint density at radius 1 is 0.880 bits per heavy atom. The molecule has 0 radical (unpaired) electrons. The summed E-state index contributed by atoms with van der Waals surface area (Å²) in [5, 5.41) is 2.30. The third-order valence-electron chi connectivity index (χ3n) is 3.36. The summed E-state index contributed by atoms with van der Waals surface area (Å²) in [5.74, 6) is 0.0209. The van der Waals surface area contributed by atoms with Gasteiger partial charge in [0.2, 0.25) is 0 Å². The fourth-order valence-corrected chi connectivity index (χ4v) is 4.50. The molecule has 2 aromatic rings. The highest BCUT2D eigenvalue weighted by molar-refractivity contribution is 8.16. The Bertz CT molecular complexity index is 695. The normalized spacial score (nSPS) is 10.8. The quantitative estimate of drug-likeness (QED) is 0.475. The standard InChI is InChI=1S/C19H22O4S2/c1-3-22-17(20)12-24-19(25-13-18(21)23-4-2)16-10-9-14-7-5-6-8-15(14)11-16/h5-11,19H,3-4,12-13H2,1-2H3. The predicted octanol–water partition coefficient (Wildman–Crippen LogP) is 4.43. The van der Waals surface area contributed by atoms with Crippen LogP contribution in [0.4, 0.5) is 0 Å². The van der Waals surface area contributed by atoms with E-state index >= 15 is 0 Å². The molecule has 0 unspecified atom stereocenters. The zero-order valence-electron chi connectivity index (χ0n) is 14.4. The molecule has 0 spiro atoms. The van der Waals surface area contributed by atoms with Crippen LogP contribution in [0.25, 0.3) is 10.8 Å². The Labute approximate surface area is 156 Å². The average molecular weight is 379 g/mol. The van der Waals surface area contributed by atoms with Crippen molar-refractivity contribution in [1.29, 1.82) is 0 Å². The van der Waals surface area contributed by atoms with Crippen LogP contribution in [0.2, 0.25) is 0 Å². The second-order valence-corrected chi connectivity index (χ2v) is 7.66. The molecule has 0 fully saturated rings. The number of carbonyl (C=O) groups is 2. The van der Waals surface area contributed by atoms with Gasteiger partial charge >= 0.3 is 11.9 Å². The summed E-state index contributed by atoms with van der Waals surface area (Å²) in [6.07, 6.45) is 0. The van der Waals surface area contributed by atoms with E-state index in [1.54, 1.807) is 13.8 Å². The molecule has 0 amide bonds. The van der Waals surface area contributed by atoms with Crippen LogP contribution in [0.5, 0.6) is 0 Å². The lowest BCUT2D eigenvalue weighted by molar-refractivity contribution is -0.140. The lowest BCUT2D eigenvalue weighted by Crippen LogP contribution is -2.10. The number of rotatable bonds is 9. The van der Waals surface area contributed by atoms with Crippen molar-refractivity contribution < 1.29 is 19.1 Å². The Morgan fingerprint density at radius 2 is 1.44 bits per heavy atom. The molecule has 25 heavy (non-hydrogen) atoms. The molecule has 0 heterocycles. The second kappa shape index (κ2) is 10.4. The SMILES string of the molecule is CCOC(=O)CSC(SCC(=O)OCC)c1ccc2ccccc2c1. The first kappa shape index (κ1) is 19.7. The van der Waals surface area contributed by atoms with E-state index in [4.69, 9.17) is 9.47 Å². The maximum atomic E-state index is 11.7. The molecular formula is C19H22O4S2. The maximum Gasteiger partial charge on any atom is 0.315 e. The number of thioether (sulfide) groups is 2. The summed E-state index contributed by atoms with van der Waals surface area (Å²) in [4.78, 5) is 23.4. The molecule has 0 aliphatic carbocycles. The first-order chi connectivity index (χ1) is 12.1. The van der Waals surface area contributed by atoms with E-state index in [1.807, 2.05) is 18.2 Å². The van der Waals surface area contributed by atoms with E-state index in [9.17, 15) is 9.59 Å². The van der Waals surface area contributed by atoms with Gasteiger partial charge in [0.15, 0.2) is 0 Å². The number of hydrogen-bond donors (Lipinski definition) is 0. The van der Waals surface area contributed by atoms with E-state index in [-0.39, 0.29) is 28.0 Å². The third kappa shape index (κ3) is 6.29. The van der Waals surface area contributed by atoms with Gasteiger partial charge in [0.1, 0.15) is 0 Å². The van der Waals surface area contributed by atoms with Crippen molar-refractivity contribution in [1.82, 2.24) is 0 Å². The van der Waals surface area contributed by atoms with E-state index in [0.29, 0.717) is 13.2 Å². The minimum atomic E-state index is -0.241. The Hall–Kier alpha value is -1.66. The first-order valence-electron chi connectivity index (χ1n) is 8.17. The van der Waals surface area contributed by atoms with Gasteiger partial charge in [-0.05, 0) is 36.2 Å². The number of fused-ring (bicyclic) bond motifs is 1. The zero-order valence-corrected chi connectivity index (χ0v) is 16.0. The molecule has 0 saturated carbocycles. The second-order valence-electron chi connectivity index (χ2n) is 5.17. The summed E-state index contributed by atoms with van der Waals surface area (Å²) >= 11 is 2.94. The summed E-state index contributed by atoms with van der Waals surface area (Å²) in [5.41, 5.74) is 1.07. The molecule has 0 N–H and O–H groups in total. The van der Waals surface area contributed by atoms with Crippen molar-refractivity contribution in [2.24, 2.45) is 0 Å². The number of ether oxygens (including phenoxy) is 2. The topological polar surface area (TPSA) is 52.6 Å². The van der Waals surface area contributed by atoms with E-state index in [0.717, 1.165) is 16.3 Å². The van der Waals surface area contributed by atoms with Gasteiger partial charge in [0, 0.05) is 0 Å².